The van der Waals surface area contributed by atoms with Crippen molar-refractivity contribution >= 4 is 45.8 Å². The number of piperidine rings is 1. The van der Waals surface area contributed by atoms with Gasteiger partial charge in [-0.1, -0.05) is 15.9 Å². The zero-order valence-electron chi connectivity index (χ0n) is 13.4. The Bertz CT molecular complexity index is 588. The third-order valence-corrected chi connectivity index (χ3v) is 5.41. The number of anilines is 1. The molecule has 7 heteroatoms. The maximum atomic E-state index is 12.2. The molecule has 1 saturated carbocycles. The van der Waals surface area contributed by atoms with Crippen LogP contribution in [0.15, 0.2) is 28.7 Å². The monoisotopic (exact) mass is 415 g/mol. The predicted octanol–water partition coefficient (Wildman–Crippen LogP) is 2.71. The molecule has 1 saturated heterocycles. The van der Waals surface area contributed by atoms with Gasteiger partial charge in [0.1, 0.15) is 0 Å². The van der Waals surface area contributed by atoms with Crippen LogP contribution in [0.2, 0.25) is 0 Å². The van der Waals surface area contributed by atoms with E-state index in [-0.39, 0.29) is 35.6 Å². The second-order valence-electron chi connectivity index (χ2n) is 6.47. The van der Waals surface area contributed by atoms with Crippen LogP contribution in [-0.2, 0) is 9.59 Å². The van der Waals surface area contributed by atoms with Gasteiger partial charge >= 0.3 is 0 Å². The SMILES string of the molecule is Cl.O=C(CCNC(=O)C1CC12CCNCC2)Nc1ccc(Br)cc1. The zero-order valence-corrected chi connectivity index (χ0v) is 15.8. The van der Waals surface area contributed by atoms with Crippen LogP contribution in [-0.4, -0.2) is 31.4 Å². The molecule has 1 aromatic rings. The highest BCUT2D eigenvalue weighted by atomic mass is 79.9. The van der Waals surface area contributed by atoms with E-state index in [9.17, 15) is 9.59 Å². The first-order valence-corrected chi connectivity index (χ1v) is 8.92. The van der Waals surface area contributed by atoms with E-state index in [0.29, 0.717) is 13.0 Å². The van der Waals surface area contributed by atoms with Crippen molar-refractivity contribution in [3.8, 4) is 0 Å². The number of rotatable bonds is 5. The lowest BCUT2D eigenvalue weighted by Gasteiger charge is -2.23. The normalized spacial score (nSPS) is 20.8. The number of amides is 2. The molecule has 3 N–H and O–H groups in total. The molecule has 2 aliphatic rings. The number of carbonyl (C=O) groups excluding carboxylic acids is 2. The van der Waals surface area contributed by atoms with E-state index in [4.69, 9.17) is 0 Å². The average Bonchev–Trinajstić information content (AvgIpc) is 3.23. The van der Waals surface area contributed by atoms with Crippen LogP contribution in [0.3, 0.4) is 0 Å². The molecule has 1 aromatic carbocycles. The van der Waals surface area contributed by atoms with Crippen LogP contribution in [0.25, 0.3) is 0 Å². The van der Waals surface area contributed by atoms with Gasteiger partial charge in [0.25, 0.3) is 0 Å². The summed E-state index contributed by atoms with van der Waals surface area (Å²) in [4.78, 5) is 24.1. The summed E-state index contributed by atoms with van der Waals surface area (Å²) >= 11 is 3.36. The van der Waals surface area contributed by atoms with Gasteiger partial charge in [0.05, 0.1) is 0 Å². The van der Waals surface area contributed by atoms with Crippen molar-refractivity contribution in [3.63, 3.8) is 0 Å². The Hall–Kier alpha value is -1.11. The molecule has 1 aliphatic carbocycles. The third kappa shape index (κ3) is 4.71. The molecule has 1 aliphatic heterocycles. The molecule has 3 rings (SSSR count). The fourth-order valence-corrected chi connectivity index (χ4v) is 3.64. The molecule has 0 aromatic heterocycles. The Morgan fingerprint density at radius 2 is 1.88 bits per heavy atom. The Labute approximate surface area is 156 Å². The Morgan fingerprint density at radius 1 is 1.21 bits per heavy atom. The second-order valence-corrected chi connectivity index (χ2v) is 7.38. The van der Waals surface area contributed by atoms with Gasteiger partial charge < -0.3 is 16.0 Å². The van der Waals surface area contributed by atoms with E-state index in [2.05, 4.69) is 31.9 Å². The van der Waals surface area contributed by atoms with Gasteiger partial charge in [-0.15, -0.1) is 12.4 Å². The first-order chi connectivity index (χ1) is 11.1. The summed E-state index contributed by atoms with van der Waals surface area (Å²) in [5.41, 5.74) is 1.01. The molecule has 0 radical (unpaired) electrons. The molecule has 24 heavy (non-hydrogen) atoms. The first kappa shape index (κ1) is 19.2. The zero-order chi connectivity index (χ0) is 16.3. The number of nitrogens with one attached hydrogen (secondary N) is 3. The van der Waals surface area contributed by atoms with Crippen LogP contribution in [0.5, 0.6) is 0 Å². The summed E-state index contributed by atoms with van der Waals surface area (Å²) < 4.78 is 0.971. The van der Waals surface area contributed by atoms with Gasteiger partial charge in [-0.05, 0) is 62.0 Å². The van der Waals surface area contributed by atoms with Gasteiger partial charge in [0, 0.05) is 29.0 Å². The summed E-state index contributed by atoms with van der Waals surface area (Å²) in [6, 6.07) is 7.43. The molecule has 0 bridgehead atoms. The Balaban J connectivity index is 0.00000208. The van der Waals surface area contributed by atoms with E-state index < -0.39 is 0 Å². The largest absolute Gasteiger partial charge is 0.355 e. The molecule has 2 amide bonds. The maximum Gasteiger partial charge on any atom is 0.226 e. The second kappa shape index (κ2) is 8.32. The average molecular weight is 417 g/mol. The van der Waals surface area contributed by atoms with Gasteiger partial charge in [-0.25, -0.2) is 0 Å². The first-order valence-electron chi connectivity index (χ1n) is 8.13. The van der Waals surface area contributed by atoms with Crippen LogP contribution >= 0.6 is 28.3 Å². The summed E-state index contributed by atoms with van der Waals surface area (Å²) in [6.07, 6.45) is 3.49. The summed E-state index contributed by atoms with van der Waals surface area (Å²) in [5, 5.41) is 9.08. The molecular formula is C17H23BrClN3O2. The van der Waals surface area contributed by atoms with E-state index in [1.807, 2.05) is 24.3 Å². The van der Waals surface area contributed by atoms with E-state index in [1.165, 1.54) is 0 Å². The third-order valence-electron chi connectivity index (χ3n) is 4.88. The van der Waals surface area contributed by atoms with Crippen molar-refractivity contribution < 1.29 is 9.59 Å². The molecule has 1 atom stereocenters. The lowest BCUT2D eigenvalue weighted by molar-refractivity contribution is -0.123. The van der Waals surface area contributed by atoms with Crippen LogP contribution in [0.1, 0.15) is 25.7 Å². The Morgan fingerprint density at radius 3 is 2.54 bits per heavy atom. The molecule has 5 nitrogen and oxygen atoms in total. The lowest BCUT2D eigenvalue weighted by atomic mass is 9.92. The van der Waals surface area contributed by atoms with Crippen molar-refractivity contribution in [1.82, 2.24) is 10.6 Å². The van der Waals surface area contributed by atoms with Crippen molar-refractivity contribution in [2.75, 3.05) is 25.0 Å². The minimum atomic E-state index is -0.0833. The quantitative estimate of drug-likeness (QED) is 0.691. The number of benzene rings is 1. The highest BCUT2D eigenvalue weighted by molar-refractivity contribution is 9.10. The Kier molecular flexibility index (Phi) is 6.66. The van der Waals surface area contributed by atoms with Crippen LogP contribution in [0, 0.1) is 11.3 Å². The molecule has 1 spiro atoms. The predicted molar refractivity (Wildman–Crippen MR) is 100 cm³/mol. The highest BCUT2D eigenvalue weighted by Gasteiger charge is 2.57. The van der Waals surface area contributed by atoms with Gasteiger partial charge in [-0.2, -0.15) is 0 Å². The van der Waals surface area contributed by atoms with Crippen LogP contribution in [0.4, 0.5) is 5.69 Å². The fraction of sp³-hybridized carbons (Fsp3) is 0.529. The molecule has 1 unspecified atom stereocenters. The number of hydrogen-bond donors (Lipinski definition) is 3. The molecule has 132 valence electrons. The standard InChI is InChI=1S/C17H22BrN3O2.ClH/c18-12-1-3-13(4-2-12)21-15(22)5-8-20-16(23)14-11-17(14)6-9-19-10-7-17;/h1-4,14,19H,5-11H2,(H,20,23)(H,21,22);1H. The fourth-order valence-electron chi connectivity index (χ4n) is 3.37. The maximum absolute atomic E-state index is 12.2. The summed E-state index contributed by atoms with van der Waals surface area (Å²) in [5.74, 6) is 0.183. The van der Waals surface area contributed by atoms with Gasteiger partial charge in [0.2, 0.25) is 11.8 Å². The summed E-state index contributed by atoms with van der Waals surface area (Å²) in [7, 11) is 0. The van der Waals surface area contributed by atoms with Crippen molar-refractivity contribution in [1.29, 1.82) is 0 Å². The van der Waals surface area contributed by atoms with Gasteiger partial charge in [-0.3, -0.25) is 9.59 Å². The summed E-state index contributed by atoms with van der Waals surface area (Å²) in [6.45, 7) is 2.42. The number of halogens is 2. The lowest BCUT2D eigenvalue weighted by Crippen LogP contribution is -2.34. The number of hydrogen-bond acceptors (Lipinski definition) is 3. The van der Waals surface area contributed by atoms with E-state index in [0.717, 1.165) is 42.5 Å². The van der Waals surface area contributed by atoms with E-state index >= 15 is 0 Å². The van der Waals surface area contributed by atoms with Crippen LogP contribution < -0.4 is 16.0 Å². The minimum absolute atomic E-state index is 0. The topological polar surface area (TPSA) is 70.2 Å². The van der Waals surface area contributed by atoms with Crippen molar-refractivity contribution in [2.24, 2.45) is 11.3 Å². The van der Waals surface area contributed by atoms with Crippen molar-refractivity contribution in [2.45, 2.75) is 25.7 Å². The minimum Gasteiger partial charge on any atom is -0.355 e. The highest BCUT2D eigenvalue weighted by Crippen LogP contribution is 2.58. The van der Waals surface area contributed by atoms with E-state index in [1.54, 1.807) is 0 Å². The van der Waals surface area contributed by atoms with Crippen molar-refractivity contribution in [3.05, 3.63) is 28.7 Å². The molecular weight excluding hydrogens is 394 g/mol. The van der Waals surface area contributed by atoms with Gasteiger partial charge in [0.15, 0.2) is 0 Å². The number of carbonyl (C=O) groups is 2. The molecule has 2 fully saturated rings. The molecule has 1 heterocycles. The smallest absolute Gasteiger partial charge is 0.226 e.